The van der Waals surface area contributed by atoms with Crippen LogP contribution in [0.15, 0.2) is 77.5 Å². The molecule has 0 radical (unpaired) electrons. The van der Waals surface area contributed by atoms with Crippen LogP contribution in [-0.4, -0.2) is 68.7 Å². The Balaban J connectivity index is 0.00000898. The van der Waals surface area contributed by atoms with E-state index in [1.165, 1.54) is 25.0 Å². The molecule has 0 atom stereocenters. The summed E-state index contributed by atoms with van der Waals surface area (Å²) < 4.78 is 82.1. The van der Waals surface area contributed by atoms with Crippen LogP contribution in [0.1, 0.15) is 116 Å². The number of rotatable bonds is 23. The average molecular weight is 933 g/mol. The van der Waals surface area contributed by atoms with Gasteiger partial charge in [0.1, 0.15) is 11.1 Å². The molecule has 0 aliphatic rings. The Kier molecular flexibility index (Phi) is 19.3. The largest absolute Gasteiger partial charge is 1.00 e. The summed E-state index contributed by atoms with van der Waals surface area (Å²) in [7, 11) is -8.45. The summed E-state index contributed by atoms with van der Waals surface area (Å²) in [6, 6.07) is 12.7. The molecular weight excluding hydrogens is 872 g/mol. The minimum absolute atomic E-state index is 0. The standard InChI is InChI=1S/C47H60N2O12S2.Na/c1-6-8-10-14-24-48(25-15-11-9-7-2)35-21-23-37-40(32-35)60-46(52)42-43(50)38(45(51)61-44(37)42)19-13-12-18-33-30-41(47(3,4)5)59-39-31-34(20-22-36(33)39)49(26-16-28-62(53,54)55)27-17-29-63(56,57)58;/h12-13,18-23,30-32H,6-11,14-17,24-29H2,1-5H3,(H2-,50,51,52,53,54,55,56,57,58);/q;+1/p+1. The predicted octanol–water partition coefficient (Wildman–Crippen LogP) is 6.99. The average Bonchev–Trinajstić information content (AvgIpc) is 3.20. The first-order valence-corrected chi connectivity index (χ1v) is 24.9. The van der Waals surface area contributed by atoms with E-state index < -0.39 is 54.2 Å². The number of unbranched alkanes of at least 4 members (excludes halogenated alkanes) is 6. The van der Waals surface area contributed by atoms with Crippen molar-refractivity contribution in [2.45, 2.75) is 104 Å². The number of anilines is 2. The second kappa shape index (κ2) is 23.4. The van der Waals surface area contributed by atoms with Gasteiger partial charge in [-0.1, -0.05) is 70.6 Å². The Morgan fingerprint density at radius 1 is 0.688 bits per heavy atom. The van der Waals surface area contributed by atoms with E-state index in [4.69, 9.17) is 13.3 Å². The first kappa shape index (κ1) is 52.6. The van der Waals surface area contributed by atoms with Crippen molar-refractivity contribution in [3.63, 3.8) is 0 Å². The number of benzene rings is 2. The van der Waals surface area contributed by atoms with Crippen LogP contribution in [0.5, 0.6) is 5.95 Å². The summed E-state index contributed by atoms with van der Waals surface area (Å²) in [4.78, 5) is 31.3. The Labute approximate surface area is 397 Å². The summed E-state index contributed by atoms with van der Waals surface area (Å²) in [5.74, 6) is -0.993. The predicted molar refractivity (Wildman–Crippen MR) is 252 cm³/mol. The zero-order valence-corrected chi connectivity index (χ0v) is 41.5. The van der Waals surface area contributed by atoms with E-state index in [1.54, 1.807) is 47.4 Å². The molecule has 0 spiro atoms. The molecule has 14 nitrogen and oxygen atoms in total. The summed E-state index contributed by atoms with van der Waals surface area (Å²) in [6.07, 6.45) is 15.4. The van der Waals surface area contributed by atoms with Crippen LogP contribution in [0.4, 0.5) is 11.4 Å². The zero-order chi connectivity index (χ0) is 46.0. The molecular formula is C47H61N2NaO12S2+2. The molecule has 0 aliphatic heterocycles. The molecule has 5 aromatic rings. The van der Waals surface area contributed by atoms with Crippen LogP contribution in [-0.2, 0) is 25.7 Å². The third-order valence-electron chi connectivity index (χ3n) is 10.9. The number of allylic oxidation sites excluding steroid dienone is 2. The minimum Gasteiger partial charge on any atom is -0.480 e. The van der Waals surface area contributed by atoms with Gasteiger partial charge in [0.2, 0.25) is 5.43 Å². The van der Waals surface area contributed by atoms with E-state index >= 15 is 0 Å². The maximum absolute atomic E-state index is 13.8. The van der Waals surface area contributed by atoms with E-state index in [1.807, 2.05) is 32.9 Å². The Bertz CT molecular complexity index is 2740. The van der Waals surface area contributed by atoms with Crippen molar-refractivity contribution in [1.29, 1.82) is 0 Å². The van der Waals surface area contributed by atoms with Crippen molar-refractivity contribution >= 4 is 76.7 Å². The maximum Gasteiger partial charge on any atom is 1.00 e. The van der Waals surface area contributed by atoms with Crippen molar-refractivity contribution in [2.24, 2.45) is 0 Å². The van der Waals surface area contributed by atoms with Crippen molar-refractivity contribution in [3.8, 4) is 5.95 Å². The molecule has 0 fully saturated rings. The van der Waals surface area contributed by atoms with E-state index in [-0.39, 0.29) is 77.6 Å². The number of hydrogen-bond acceptors (Lipinski definition) is 11. The molecule has 0 bridgehead atoms. The number of fused-ring (bicyclic) bond motifs is 4. The van der Waals surface area contributed by atoms with Gasteiger partial charge in [0, 0.05) is 55.2 Å². The zero-order valence-electron chi connectivity index (χ0n) is 37.9. The van der Waals surface area contributed by atoms with Crippen molar-refractivity contribution in [1.82, 2.24) is 0 Å². The molecule has 0 unspecified atom stereocenters. The first-order valence-electron chi connectivity index (χ1n) is 21.7. The second-order valence-corrected chi connectivity index (χ2v) is 20.2. The fraction of sp³-hybridized carbons (Fsp3) is 0.468. The monoisotopic (exact) mass is 932 g/mol. The van der Waals surface area contributed by atoms with Crippen LogP contribution in [0.2, 0.25) is 0 Å². The molecule has 17 heteroatoms. The van der Waals surface area contributed by atoms with Crippen LogP contribution >= 0.6 is 0 Å². The molecule has 64 heavy (non-hydrogen) atoms. The number of nitrogens with zero attached hydrogens (tertiary/aromatic N) is 2. The molecule has 0 aliphatic carbocycles. The molecule has 5 rings (SSSR count). The van der Waals surface area contributed by atoms with Gasteiger partial charge < -0.3 is 23.7 Å². The maximum atomic E-state index is 13.8. The van der Waals surface area contributed by atoms with Gasteiger partial charge >= 0.3 is 46.5 Å². The van der Waals surface area contributed by atoms with Gasteiger partial charge in [-0.2, -0.15) is 16.8 Å². The molecule has 2 aromatic carbocycles. The second-order valence-electron chi connectivity index (χ2n) is 17.0. The van der Waals surface area contributed by atoms with Crippen molar-refractivity contribution in [3.05, 3.63) is 92.1 Å². The van der Waals surface area contributed by atoms with E-state index in [9.17, 15) is 40.6 Å². The van der Waals surface area contributed by atoms with Crippen LogP contribution < -0.4 is 50.4 Å². The van der Waals surface area contributed by atoms with Gasteiger partial charge in [0.05, 0.1) is 33.8 Å². The molecule has 0 saturated heterocycles. The summed E-state index contributed by atoms with van der Waals surface area (Å²) in [6.45, 7) is 12.4. The molecule has 342 valence electrons. The van der Waals surface area contributed by atoms with Gasteiger partial charge in [-0.15, -0.1) is 0 Å². The van der Waals surface area contributed by atoms with Crippen LogP contribution in [0.3, 0.4) is 0 Å². The Morgan fingerprint density at radius 3 is 1.77 bits per heavy atom. The third kappa shape index (κ3) is 14.7. The minimum atomic E-state index is -4.22. The summed E-state index contributed by atoms with van der Waals surface area (Å²) in [5, 5.41) is 11.8. The van der Waals surface area contributed by atoms with E-state index in [0.717, 1.165) is 62.9 Å². The molecule has 0 amide bonds. The van der Waals surface area contributed by atoms with Gasteiger partial charge in [-0.25, -0.2) is 9.21 Å². The van der Waals surface area contributed by atoms with Crippen molar-refractivity contribution in [2.75, 3.05) is 47.5 Å². The Morgan fingerprint density at radius 2 is 1.22 bits per heavy atom. The fourth-order valence-electron chi connectivity index (χ4n) is 7.48. The number of hydrogen-bond donors (Lipinski definition) is 3. The molecule has 3 heterocycles. The quantitative estimate of drug-likeness (QED) is 0.0115. The van der Waals surface area contributed by atoms with Gasteiger partial charge in [0.15, 0.2) is 11.0 Å². The Hall–Kier alpha value is -4.03. The summed E-state index contributed by atoms with van der Waals surface area (Å²) >= 11 is 0. The van der Waals surface area contributed by atoms with Gasteiger partial charge in [0.25, 0.3) is 26.2 Å². The summed E-state index contributed by atoms with van der Waals surface area (Å²) in [5.41, 5.74) is 0.676. The molecule has 0 saturated carbocycles. The van der Waals surface area contributed by atoms with Crippen LogP contribution in [0.25, 0.3) is 45.1 Å². The normalized spacial score (nSPS) is 12.5. The number of aromatic hydroxyl groups is 1. The van der Waals surface area contributed by atoms with Crippen molar-refractivity contribution < 1.29 is 73.9 Å². The SMILES string of the molecule is CCCCCCN(CCCCCC)c1ccc2c(c1)oc(=O)c1c(=O)c(C=CC=Cc3cc(C(C)(C)C)[o+]c4cc(N(CCCS(=O)(=O)O)CCCS(=O)(=O)O)ccc34)c(O)oc12.[Na+]. The van der Waals surface area contributed by atoms with Gasteiger partial charge in [-0.3, -0.25) is 13.9 Å². The van der Waals surface area contributed by atoms with E-state index in [2.05, 4.69) is 18.7 Å². The fourth-order valence-corrected chi connectivity index (χ4v) is 8.47. The topological polar surface area (TPSA) is 207 Å². The first-order chi connectivity index (χ1) is 29.8. The smallest absolute Gasteiger partial charge is 0.480 e. The molecule has 3 aromatic heterocycles. The molecule has 3 N–H and O–H groups in total. The van der Waals surface area contributed by atoms with Crippen LogP contribution in [0, 0.1) is 0 Å². The van der Waals surface area contributed by atoms with E-state index in [0.29, 0.717) is 27.8 Å². The van der Waals surface area contributed by atoms with Gasteiger partial charge in [-0.05, 0) is 76.8 Å². The third-order valence-corrected chi connectivity index (χ3v) is 12.5.